The molecule has 0 saturated carbocycles. The van der Waals surface area contributed by atoms with Crippen molar-refractivity contribution < 1.29 is 5.48 Å². The Bertz CT molecular complexity index is 502. The molecule has 6 heteroatoms. The number of rotatable bonds is 6. The standard InChI is InChI=1S/C15H21N3.2BrH.H2O/c1-3-18(4-2)12-11-17-15-14-8-6-5-7-13(14)9-10-16-15;;;/h5-10H,3-4,11-12H2,1-2H3,(H,16,17);2*1H;1H2. The van der Waals surface area contributed by atoms with Crippen LogP contribution in [0.2, 0.25) is 0 Å². The number of halogens is 2. The van der Waals surface area contributed by atoms with E-state index in [0.29, 0.717) is 0 Å². The minimum atomic E-state index is 0. The molecule has 0 aliphatic rings. The van der Waals surface area contributed by atoms with Crippen molar-refractivity contribution in [1.82, 2.24) is 9.88 Å². The summed E-state index contributed by atoms with van der Waals surface area (Å²) in [5.41, 5.74) is 0. The van der Waals surface area contributed by atoms with E-state index in [2.05, 4.69) is 53.3 Å². The number of anilines is 1. The van der Waals surface area contributed by atoms with Gasteiger partial charge in [-0.05, 0) is 24.5 Å². The van der Waals surface area contributed by atoms with Gasteiger partial charge < -0.3 is 15.7 Å². The molecule has 2 aromatic rings. The second kappa shape index (κ2) is 11.9. The van der Waals surface area contributed by atoms with Gasteiger partial charge >= 0.3 is 0 Å². The maximum absolute atomic E-state index is 4.43. The van der Waals surface area contributed by atoms with Gasteiger partial charge in [0.15, 0.2) is 0 Å². The molecule has 0 aliphatic carbocycles. The Balaban J connectivity index is 0. The Labute approximate surface area is 147 Å². The predicted octanol–water partition coefficient (Wildman–Crippen LogP) is 3.32. The Morgan fingerprint density at radius 1 is 1.05 bits per heavy atom. The monoisotopic (exact) mass is 421 g/mol. The number of likely N-dealkylation sites (N-methyl/N-ethyl adjacent to an activating group) is 1. The van der Waals surface area contributed by atoms with Gasteiger partial charge in [0, 0.05) is 24.7 Å². The van der Waals surface area contributed by atoms with Crippen LogP contribution in [-0.4, -0.2) is 41.5 Å². The molecule has 120 valence electrons. The second-order valence-electron chi connectivity index (χ2n) is 4.33. The minimum absolute atomic E-state index is 0. The summed E-state index contributed by atoms with van der Waals surface area (Å²) in [7, 11) is 0. The summed E-state index contributed by atoms with van der Waals surface area (Å²) in [6.45, 7) is 8.57. The molecule has 1 aromatic heterocycles. The quantitative estimate of drug-likeness (QED) is 0.776. The molecular weight excluding hydrogens is 398 g/mol. The maximum atomic E-state index is 4.43. The number of hydrogen-bond donors (Lipinski definition) is 1. The molecule has 0 fully saturated rings. The number of hydrogen-bond acceptors (Lipinski definition) is 3. The van der Waals surface area contributed by atoms with Gasteiger partial charge in [-0.15, -0.1) is 34.0 Å². The van der Waals surface area contributed by atoms with E-state index in [-0.39, 0.29) is 39.4 Å². The number of nitrogens with one attached hydrogen (secondary N) is 1. The van der Waals surface area contributed by atoms with Crippen LogP contribution < -0.4 is 5.32 Å². The zero-order valence-electron chi connectivity index (χ0n) is 12.5. The molecule has 1 heterocycles. The molecule has 0 bridgehead atoms. The summed E-state index contributed by atoms with van der Waals surface area (Å²) < 4.78 is 0. The van der Waals surface area contributed by atoms with Crippen molar-refractivity contribution in [1.29, 1.82) is 0 Å². The lowest BCUT2D eigenvalue weighted by Gasteiger charge is -2.18. The minimum Gasteiger partial charge on any atom is -0.412 e. The third-order valence-corrected chi connectivity index (χ3v) is 3.29. The Morgan fingerprint density at radius 2 is 1.71 bits per heavy atom. The van der Waals surface area contributed by atoms with Gasteiger partial charge in [-0.2, -0.15) is 0 Å². The van der Waals surface area contributed by atoms with Crippen LogP contribution in [0.25, 0.3) is 10.8 Å². The largest absolute Gasteiger partial charge is 0.412 e. The summed E-state index contributed by atoms with van der Waals surface area (Å²) >= 11 is 0. The number of pyridine rings is 1. The van der Waals surface area contributed by atoms with E-state index in [9.17, 15) is 0 Å². The van der Waals surface area contributed by atoms with Crippen molar-refractivity contribution in [2.75, 3.05) is 31.5 Å². The van der Waals surface area contributed by atoms with Crippen LogP contribution >= 0.6 is 34.0 Å². The highest BCUT2D eigenvalue weighted by Gasteiger charge is 2.02. The van der Waals surface area contributed by atoms with E-state index in [0.717, 1.165) is 32.0 Å². The number of benzene rings is 1. The third-order valence-electron chi connectivity index (χ3n) is 3.29. The molecule has 0 unspecified atom stereocenters. The molecule has 0 aliphatic heterocycles. The molecule has 0 spiro atoms. The molecule has 1 aromatic carbocycles. The van der Waals surface area contributed by atoms with E-state index in [1.165, 1.54) is 10.8 Å². The molecule has 2 rings (SSSR count). The fraction of sp³-hybridized carbons (Fsp3) is 0.400. The molecule has 0 saturated heterocycles. The molecule has 3 N–H and O–H groups in total. The van der Waals surface area contributed by atoms with Crippen molar-refractivity contribution in [3.63, 3.8) is 0 Å². The van der Waals surface area contributed by atoms with Gasteiger partial charge in [0.05, 0.1) is 0 Å². The molecule has 0 radical (unpaired) electrons. The summed E-state index contributed by atoms with van der Waals surface area (Å²) in [5, 5.41) is 5.86. The van der Waals surface area contributed by atoms with E-state index in [4.69, 9.17) is 0 Å². The van der Waals surface area contributed by atoms with Crippen molar-refractivity contribution in [3.05, 3.63) is 36.5 Å². The van der Waals surface area contributed by atoms with E-state index in [1.54, 1.807) is 0 Å². The lowest BCUT2D eigenvalue weighted by Crippen LogP contribution is -2.28. The highest BCUT2D eigenvalue weighted by Crippen LogP contribution is 2.19. The van der Waals surface area contributed by atoms with Crippen LogP contribution in [0.4, 0.5) is 5.82 Å². The van der Waals surface area contributed by atoms with Crippen LogP contribution in [0, 0.1) is 0 Å². The van der Waals surface area contributed by atoms with Crippen LogP contribution in [0.15, 0.2) is 36.5 Å². The molecule has 4 nitrogen and oxygen atoms in total. The molecule has 0 amide bonds. The van der Waals surface area contributed by atoms with Gasteiger partial charge in [0.25, 0.3) is 0 Å². The third kappa shape index (κ3) is 6.30. The average molecular weight is 423 g/mol. The first-order valence-electron chi connectivity index (χ1n) is 6.65. The Kier molecular flexibility index (Phi) is 12.8. The Morgan fingerprint density at radius 3 is 2.38 bits per heavy atom. The fourth-order valence-electron chi connectivity index (χ4n) is 2.13. The highest BCUT2D eigenvalue weighted by molar-refractivity contribution is 8.93. The fourth-order valence-corrected chi connectivity index (χ4v) is 2.13. The van der Waals surface area contributed by atoms with E-state index < -0.39 is 0 Å². The maximum Gasteiger partial charge on any atom is 0.133 e. The summed E-state index contributed by atoms with van der Waals surface area (Å²) in [4.78, 5) is 6.83. The predicted molar refractivity (Wildman–Crippen MR) is 102 cm³/mol. The smallest absolute Gasteiger partial charge is 0.133 e. The summed E-state index contributed by atoms with van der Waals surface area (Å²) in [5.74, 6) is 0.986. The van der Waals surface area contributed by atoms with Gasteiger partial charge in [-0.1, -0.05) is 38.1 Å². The highest BCUT2D eigenvalue weighted by atomic mass is 79.9. The second-order valence-corrected chi connectivity index (χ2v) is 4.33. The first kappa shape index (κ1) is 22.6. The van der Waals surface area contributed by atoms with E-state index >= 15 is 0 Å². The lowest BCUT2D eigenvalue weighted by atomic mass is 10.1. The van der Waals surface area contributed by atoms with Crippen LogP contribution in [0.1, 0.15) is 13.8 Å². The molecule has 0 atom stereocenters. The zero-order chi connectivity index (χ0) is 12.8. The van der Waals surface area contributed by atoms with Gasteiger partial charge in [-0.25, -0.2) is 4.98 Å². The van der Waals surface area contributed by atoms with Crippen molar-refractivity contribution >= 4 is 50.6 Å². The van der Waals surface area contributed by atoms with Crippen molar-refractivity contribution in [3.8, 4) is 0 Å². The SMILES string of the molecule is Br.Br.CCN(CC)CCNc1nccc2ccccc12.O. The molecule has 21 heavy (non-hydrogen) atoms. The number of aromatic nitrogens is 1. The van der Waals surface area contributed by atoms with Crippen molar-refractivity contribution in [2.24, 2.45) is 0 Å². The van der Waals surface area contributed by atoms with Crippen molar-refractivity contribution in [2.45, 2.75) is 13.8 Å². The van der Waals surface area contributed by atoms with Crippen LogP contribution in [0.5, 0.6) is 0 Å². The van der Waals surface area contributed by atoms with E-state index in [1.807, 2.05) is 12.3 Å². The average Bonchev–Trinajstić information content (AvgIpc) is 2.44. The first-order chi connectivity index (χ1) is 8.85. The summed E-state index contributed by atoms with van der Waals surface area (Å²) in [6.07, 6.45) is 1.86. The lowest BCUT2D eigenvalue weighted by molar-refractivity contribution is 0.316. The van der Waals surface area contributed by atoms with Gasteiger partial charge in [0.1, 0.15) is 5.82 Å². The number of fused-ring (bicyclic) bond motifs is 1. The first-order valence-corrected chi connectivity index (χ1v) is 6.65. The van der Waals surface area contributed by atoms with Gasteiger partial charge in [0.2, 0.25) is 0 Å². The summed E-state index contributed by atoms with van der Waals surface area (Å²) in [6, 6.07) is 10.4. The van der Waals surface area contributed by atoms with Crippen LogP contribution in [0.3, 0.4) is 0 Å². The normalized spacial score (nSPS) is 9.48. The number of nitrogens with zero attached hydrogens (tertiary/aromatic N) is 2. The Hall–Kier alpha value is -0.690. The zero-order valence-corrected chi connectivity index (χ0v) is 15.9. The molecular formula is C15H25Br2N3O. The van der Waals surface area contributed by atoms with Gasteiger partial charge in [-0.3, -0.25) is 0 Å². The van der Waals surface area contributed by atoms with Crippen LogP contribution in [-0.2, 0) is 0 Å². The topological polar surface area (TPSA) is 59.7 Å².